The van der Waals surface area contributed by atoms with Crippen molar-refractivity contribution in [2.75, 3.05) is 5.75 Å². The van der Waals surface area contributed by atoms with Gasteiger partial charge in [0.05, 0.1) is 6.42 Å². The zero-order chi connectivity index (χ0) is 27.7. The van der Waals surface area contributed by atoms with Crippen molar-refractivity contribution in [1.82, 2.24) is 5.32 Å². The summed E-state index contributed by atoms with van der Waals surface area (Å²) >= 11 is 1.48. The average Bonchev–Trinajstić information content (AvgIpc) is 2.75. The van der Waals surface area contributed by atoms with Gasteiger partial charge in [0, 0.05) is 16.9 Å². The van der Waals surface area contributed by atoms with E-state index < -0.39 is 28.6 Å². The topological polar surface area (TPSA) is 104 Å². The molecule has 7 heteroatoms. The summed E-state index contributed by atoms with van der Waals surface area (Å²) in [6.45, 7) is 15.1. The minimum Gasteiger partial charge on any atom is -0.481 e. The van der Waals surface area contributed by atoms with Crippen molar-refractivity contribution < 1.29 is 24.6 Å². The molecule has 0 fully saturated rings. The van der Waals surface area contributed by atoms with E-state index in [1.807, 2.05) is 0 Å². The minimum atomic E-state index is -1.11. The van der Waals surface area contributed by atoms with Gasteiger partial charge in [-0.15, -0.1) is 11.8 Å². The van der Waals surface area contributed by atoms with Crippen molar-refractivity contribution in [2.24, 2.45) is 17.8 Å². The van der Waals surface area contributed by atoms with Crippen LogP contribution in [0.3, 0.4) is 0 Å². The summed E-state index contributed by atoms with van der Waals surface area (Å²) in [5, 5.41) is 20.8. The molecule has 36 heavy (non-hydrogen) atoms. The molecule has 3 N–H and O–H groups in total. The molecule has 0 rings (SSSR count). The third-order valence-electron chi connectivity index (χ3n) is 6.84. The Balaban J connectivity index is 4.31. The number of carbonyl (C=O) groups is 3. The molecular weight excluding hydrogens is 474 g/mol. The third kappa shape index (κ3) is 17.9. The van der Waals surface area contributed by atoms with Crippen molar-refractivity contribution in [2.45, 2.75) is 130 Å². The summed E-state index contributed by atoms with van der Waals surface area (Å²) in [5.74, 6) is 0.305. The number of carbonyl (C=O) groups excluding carboxylic acids is 1. The molecule has 3 atom stereocenters. The van der Waals surface area contributed by atoms with Gasteiger partial charge in [-0.3, -0.25) is 9.59 Å². The molecule has 0 saturated heterocycles. The second-order valence-corrected chi connectivity index (χ2v) is 13.2. The third-order valence-corrected chi connectivity index (χ3v) is 8.15. The number of thioether (sulfide) groups is 1. The highest BCUT2D eigenvalue weighted by Gasteiger charge is 2.36. The minimum absolute atomic E-state index is 0.228. The fourth-order valence-corrected chi connectivity index (χ4v) is 5.40. The maximum Gasteiger partial charge on any atom is 0.327 e. The molecule has 0 aliphatic carbocycles. The highest BCUT2D eigenvalue weighted by molar-refractivity contribution is 8.00. The summed E-state index contributed by atoms with van der Waals surface area (Å²) < 4.78 is -0.734. The number of amides is 1. The predicted molar refractivity (Wildman–Crippen MR) is 151 cm³/mol. The van der Waals surface area contributed by atoms with Gasteiger partial charge >= 0.3 is 11.9 Å². The Morgan fingerprint density at radius 1 is 0.833 bits per heavy atom. The lowest BCUT2D eigenvalue weighted by molar-refractivity contribution is -0.142. The van der Waals surface area contributed by atoms with Crippen molar-refractivity contribution in [1.29, 1.82) is 0 Å². The van der Waals surface area contributed by atoms with Crippen LogP contribution < -0.4 is 5.32 Å². The van der Waals surface area contributed by atoms with Crippen LogP contribution in [0.1, 0.15) is 119 Å². The Morgan fingerprint density at radius 2 is 1.36 bits per heavy atom. The molecule has 0 aromatic carbocycles. The molecule has 0 heterocycles. The van der Waals surface area contributed by atoms with E-state index >= 15 is 0 Å². The van der Waals surface area contributed by atoms with E-state index in [9.17, 15) is 19.5 Å². The molecule has 2 unspecified atom stereocenters. The van der Waals surface area contributed by atoms with Crippen LogP contribution in [0.15, 0.2) is 11.6 Å². The number of aliphatic carboxylic acids is 2. The van der Waals surface area contributed by atoms with E-state index in [1.165, 1.54) is 68.7 Å². The summed E-state index contributed by atoms with van der Waals surface area (Å²) in [4.78, 5) is 34.4. The number of allylic oxidation sites excluding steroid dienone is 1. The summed E-state index contributed by atoms with van der Waals surface area (Å²) in [7, 11) is 0. The molecule has 0 aromatic heterocycles. The Labute approximate surface area is 224 Å². The standard InChI is InChI=1S/C29H53NO5S/c1-21(2)11-8-12-22(3)13-9-14-23(4)15-10-16-24(5)19-20-36-29(6,7)27(28(34)35)30-25(31)17-18-26(32)33/h19,21-23,27H,8-18,20H2,1-7H3,(H,30,31)(H,32,33)(H,34,35)/b24-19+/t22?,23?,27-/m1/s1. The lowest BCUT2D eigenvalue weighted by Crippen LogP contribution is -2.52. The number of nitrogens with one attached hydrogen (secondary N) is 1. The van der Waals surface area contributed by atoms with Crippen LogP contribution in [-0.4, -0.2) is 44.6 Å². The van der Waals surface area contributed by atoms with Gasteiger partial charge in [-0.2, -0.15) is 0 Å². The van der Waals surface area contributed by atoms with Crippen LogP contribution in [0.2, 0.25) is 0 Å². The van der Waals surface area contributed by atoms with Crippen molar-refractivity contribution in [3.63, 3.8) is 0 Å². The fraction of sp³-hybridized carbons (Fsp3) is 0.828. The maximum atomic E-state index is 12.0. The van der Waals surface area contributed by atoms with E-state index in [0.29, 0.717) is 5.75 Å². The van der Waals surface area contributed by atoms with E-state index in [1.54, 1.807) is 13.8 Å². The maximum absolute atomic E-state index is 12.0. The zero-order valence-electron chi connectivity index (χ0n) is 23.9. The number of carboxylic acids is 2. The molecular formula is C29H53NO5S. The zero-order valence-corrected chi connectivity index (χ0v) is 24.7. The SMILES string of the molecule is C/C(=C\CSC(C)(C)[C@H](NC(=O)CCC(=O)O)C(=O)O)CCCC(C)CCCC(C)CCCC(C)C. The molecule has 0 aliphatic rings. The first kappa shape index (κ1) is 34.5. The molecule has 1 amide bonds. The molecule has 0 spiro atoms. The van der Waals surface area contributed by atoms with Crippen molar-refractivity contribution in [3.05, 3.63) is 11.6 Å². The van der Waals surface area contributed by atoms with Crippen molar-refractivity contribution in [3.8, 4) is 0 Å². The highest BCUT2D eigenvalue weighted by Crippen LogP contribution is 2.29. The monoisotopic (exact) mass is 527 g/mol. The molecule has 0 aliphatic heterocycles. The Morgan fingerprint density at radius 3 is 1.86 bits per heavy atom. The van der Waals surface area contributed by atoms with Gasteiger partial charge in [-0.1, -0.05) is 84.3 Å². The fourth-order valence-electron chi connectivity index (χ4n) is 4.28. The number of hydrogen-bond acceptors (Lipinski definition) is 4. The van der Waals surface area contributed by atoms with Gasteiger partial charge in [0.1, 0.15) is 6.04 Å². The Hall–Kier alpha value is -1.50. The highest BCUT2D eigenvalue weighted by atomic mass is 32.2. The first-order chi connectivity index (χ1) is 16.7. The van der Waals surface area contributed by atoms with Crippen LogP contribution in [0.5, 0.6) is 0 Å². The summed E-state index contributed by atoms with van der Waals surface area (Å²) in [6, 6.07) is -1.09. The van der Waals surface area contributed by atoms with E-state index in [-0.39, 0.29) is 12.8 Å². The molecule has 6 nitrogen and oxygen atoms in total. The normalized spacial score (nSPS) is 14.9. The van der Waals surface area contributed by atoms with Crippen LogP contribution in [0.4, 0.5) is 0 Å². The molecule has 210 valence electrons. The average molecular weight is 528 g/mol. The molecule has 0 radical (unpaired) electrons. The predicted octanol–water partition coefficient (Wildman–Crippen LogP) is 7.32. The molecule has 0 bridgehead atoms. The van der Waals surface area contributed by atoms with Gasteiger partial charge in [0.2, 0.25) is 5.91 Å². The van der Waals surface area contributed by atoms with Crippen LogP contribution in [0.25, 0.3) is 0 Å². The first-order valence-corrected chi connectivity index (χ1v) is 14.8. The number of hydrogen-bond donors (Lipinski definition) is 3. The summed E-state index contributed by atoms with van der Waals surface area (Å²) in [6.07, 6.45) is 13.1. The van der Waals surface area contributed by atoms with Crippen LogP contribution in [0, 0.1) is 17.8 Å². The largest absolute Gasteiger partial charge is 0.481 e. The quantitative estimate of drug-likeness (QED) is 0.135. The van der Waals surface area contributed by atoms with E-state index in [2.05, 4.69) is 46.0 Å². The summed E-state index contributed by atoms with van der Waals surface area (Å²) in [5.41, 5.74) is 1.31. The van der Waals surface area contributed by atoms with E-state index in [0.717, 1.165) is 24.2 Å². The van der Waals surface area contributed by atoms with Gasteiger partial charge in [-0.25, -0.2) is 4.79 Å². The Bertz CT molecular complexity index is 689. The smallest absolute Gasteiger partial charge is 0.327 e. The number of carboxylic acid groups (broad SMARTS) is 2. The lowest BCUT2D eigenvalue weighted by Gasteiger charge is -2.31. The molecule has 0 aromatic rings. The van der Waals surface area contributed by atoms with Gasteiger partial charge in [-0.05, 0) is 51.4 Å². The second-order valence-electron chi connectivity index (χ2n) is 11.6. The van der Waals surface area contributed by atoms with Gasteiger partial charge in [0.25, 0.3) is 0 Å². The van der Waals surface area contributed by atoms with Crippen molar-refractivity contribution >= 4 is 29.6 Å². The van der Waals surface area contributed by atoms with E-state index in [4.69, 9.17) is 5.11 Å². The number of rotatable bonds is 21. The Kier molecular flexibility index (Phi) is 17.9. The molecule has 0 saturated carbocycles. The van der Waals surface area contributed by atoms with Gasteiger partial charge in [0.15, 0.2) is 0 Å². The van der Waals surface area contributed by atoms with Crippen LogP contribution in [-0.2, 0) is 14.4 Å². The first-order valence-electron chi connectivity index (χ1n) is 13.8. The van der Waals surface area contributed by atoms with Crippen LogP contribution >= 0.6 is 11.8 Å². The van der Waals surface area contributed by atoms with Gasteiger partial charge < -0.3 is 15.5 Å². The second kappa shape index (κ2) is 18.7. The lowest BCUT2D eigenvalue weighted by atomic mass is 9.91.